The number of allylic oxidation sites excluding steroid dienone is 2. The van der Waals surface area contributed by atoms with E-state index in [0.29, 0.717) is 33.3 Å². The van der Waals surface area contributed by atoms with Gasteiger partial charge in [0.05, 0.1) is 0 Å². The molecule has 0 aliphatic heterocycles. The zero-order chi connectivity index (χ0) is 28.5. The van der Waals surface area contributed by atoms with Gasteiger partial charge < -0.3 is 0 Å². The first kappa shape index (κ1) is 34.5. The fraction of sp³-hybridized carbons (Fsp3) is 0.515. The number of carbonyl (C=O) groups excluding carboxylic acids is 2. The Kier molecular flexibility index (Phi) is 17.5. The number of halogens is 1. The Hall–Kier alpha value is -2.49. The summed E-state index contributed by atoms with van der Waals surface area (Å²) >= 11 is 0. The van der Waals surface area contributed by atoms with Crippen LogP contribution in [0.4, 0.5) is 4.39 Å². The van der Waals surface area contributed by atoms with Crippen LogP contribution in [0.5, 0.6) is 0 Å². The largest absolute Gasteiger partial charge is 0.294 e. The van der Waals surface area contributed by atoms with Gasteiger partial charge in [0, 0.05) is 11.1 Å². The van der Waals surface area contributed by atoms with Gasteiger partial charge >= 0.3 is 0 Å². The molecule has 0 amide bonds. The molecule has 1 unspecified atom stereocenters. The molecule has 0 aliphatic rings. The number of benzene rings is 2. The van der Waals surface area contributed by atoms with Gasteiger partial charge in [0.1, 0.15) is 13.7 Å². The van der Waals surface area contributed by atoms with Gasteiger partial charge in [0.2, 0.25) is 0 Å². The zero-order valence-corrected chi connectivity index (χ0v) is 24.8. The molecule has 0 spiro atoms. The van der Waals surface area contributed by atoms with E-state index in [1.807, 2.05) is 6.92 Å². The van der Waals surface area contributed by atoms with Gasteiger partial charge in [0.25, 0.3) is 0 Å². The highest BCUT2D eigenvalue weighted by Crippen LogP contribution is 2.31. The summed E-state index contributed by atoms with van der Waals surface area (Å²) < 4.78 is 13.4. The Morgan fingerprint density at radius 1 is 0.784 bits per heavy atom. The molecule has 37 heavy (non-hydrogen) atoms. The molecule has 2 nitrogen and oxygen atoms in total. The summed E-state index contributed by atoms with van der Waals surface area (Å²) in [6.07, 6.45) is 9.61. The Morgan fingerprint density at radius 3 is 1.59 bits per heavy atom. The molecule has 2 aromatic carbocycles. The molecule has 0 aromatic heterocycles. The van der Waals surface area contributed by atoms with Gasteiger partial charge in [-0.15, -0.1) is 0 Å². The molecule has 0 heterocycles. The van der Waals surface area contributed by atoms with Crippen molar-refractivity contribution in [1.29, 1.82) is 0 Å². The maximum atomic E-state index is 13.4. The molecular formula is C33H48BFO2. The van der Waals surface area contributed by atoms with Crippen molar-refractivity contribution in [2.45, 2.75) is 107 Å². The third-order valence-electron chi connectivity index (χ3n) is 6.39. The quantitative estimate of drug-likeness (QED) is 0.183. The first-order valence-corrected chi connectivity index (χ1v) is 13.8. The van der Waals surface area contributed by atoms with Gasteiger partial charge in [-0.25, -0.2) is 4.39 Å². The van der Waals surface area contributed by atoms with Crippen LogP contribution in [0.25, 0.3) is 11.1 Å². The minimum atomic E-state index is -0.382. The number of aryl methyl sites for hydroxylation is 2. The number of carbonyl (C=O) groups is 2. The SMILES string of the molecule is CCCCC.CCCCC(C)CC.[B]c1ccc(/C(C(C)=O)=C(\C(C)=O)c2ccc(F)cc2C)c(C)c1. The van der Waals surface area contributed by atoms with E-state index in [1.165, 1.54) is 77.0 Å². The lowest BCUT2D eigenvalue weighted by molar-refractivity contribution is -0.113. The monoisotopic (exact) mass is 506 g/mol. The molecule has 202 valence electrons. The summed E-state index contributed by atoms with van der Waals surface area (Å²) in [5.41, 5.74) is 3.84. The third-order valence-corrected chi connectivity index (χ3v) is 6.39. The number of hydrogen-bond acceptors (Lipinski definition) is 2. The van der Waals surface area contributed by atoms with Gasteiger partial charge in [-0.05, 0) is 68.0 Å². The maximum Gasteiger partial charge on any atom is 0.161 e. The van der Waals surface area contributed by atoms with E-state index in [2.05, 4.69) is 34.6 Å². The van der Waals surface area contributed by atoms with Gasteiger partial charge in [-0.2, -0.15) is 0 Å². The second kappa shape index (κ2) is 18.7. The van der Waals surface area contributed by atoms with E-state index in [0.717, 1.165) is 11.5 Å². The van der Waals surface area contributed by atoms with Gasteiger partial charge in [-0.1, -0.05) is 109 Å². The van der Waals surface area contributed by atoms with Crippen LogP contribution in [-0.4, -0.2) is 19.4 Å². The maximum absolute atomic E-state index is 13.4. The third kappa shape index (κ3) is 12.5. The van der Waals surface area contributed by atoms with Gasteiger partial charge in [-0.3, -0.25) is 9.59 Å². The normalized spacial score (nSPS) is 11.8. The molecule has 1 atom stereocenters. The summed E-state index contributed by atoms with van der Waals surface area (Å²) in [6.45, 7) is 17.7. The second-order valence-electron chi connectivity index (χ2n) is 9.91. The number of unbranched alkanes of at least 4 members (excludes halogenated alkanes) is 3. The predicted molar refractivity (Wildman–Crippen MR) is 160 cm³/mol. The van der Waals surface area contributed by atoms with Crippen LogP contribution in [0.15, 0.2) is 36.4 Å². The molecular weight excluding hydrogens is 458 g/mol. The van der Waals surface area contributed by atoms with Crippen molar-refractivity contribution in [3.63, 3.8) is 0 Å². The van der Waals surface area contributed by atoms with Crippen molar-refractivity contribution < 1.29 is 14.0 Å². The highest BCUT2D eigenvalue weighted by atomic mass is 19.1. The average Bonchev–Trinajstić information content (AvgIpc) is 2.83. The Labute approximate surface area is 227 Å². The van der Waals surface area contributed by atoms with Crippen LogP contribution in [0.3, 0.4) is 0 Å². The topological polar surface area (TPSA) is 34.1 Å². The lowest BCUT2D eigenvalue weighted by Gasteiger charge is -2.16. The van der Waals surface area contributed by atoms with E-state index in [-0.39, 0.29) is 17.4 Å². The predicted octanol–water partition coefficient (Wildman–Crippen LogP) is 8.74. The molecule has 0 saturated heterocycles. The molecule has 0 N–H and O–H groups in total. The summed E-state index contributed by atoms with van der Waals surface area (Å²) in [4.78, 5) is 24.7. The molecule has 0 bridgehead atoms. The lowest BCUT2D eigenvalue weighted by Crippen LogP contribution is -2.11. The van der Waals surface area contributed by atoms with Crippen LogP contribution in [0, 0.1) is 25.6 Å². The van der Waals surface area contributed by atoms with E-state index < -0.39 is 0 Å². The van der Waals surface area contributed by atoms with Crippen LogP contribution in [-0.2, 0) is 9.59 Å². The number of rotatable bonds is 10. The number of ketones is 2. The fourth-order valence-corrected chi connectivity index (χ4v) is 3.99. The van der Waals surface area contributed by atoms with Crippen LogP contribution < -0.4 is 5.46 Å². The van der Waals surface area contributed by atoms with Crippen molar-refractivity contribution in [1.82, 2.24) is 0 Å². The van der Waals surface area contributed by atoms with Crippen molar-refractivity contribution in [2.75, 3.05) is 0 Å². The Morgan fingerprint density at radius 2 is 1.24 bits per heavy atom. The average molecular weight is 507 g/mol. The Bertz CT molecular complexity index is 949. The molecule has 2 radical (unpaired) electrons. The second-order valence-corrected chi connectivity index (χ2v) is 9.91. The van der Waals surface area contributed by atoms with E-state index in [9.17, 15) is 14.0 Å². The fourth-order valence-electron chi connectivity index (χ4n) is 3.99. The minimum absolute atomic E-state index is 0.225. The van der Waals surface area contributed by atoms with Crippen molar-refractivity contribution in [3.05, 3.63) is 64.5 Å². The molecule has 0 aliphatic carbocycles. The van der Waals surface area contributed by atoms with Crippen molar-refractivity contribution in [3.8, 4) is 0 Å². The Balaban J connectivity index is 0.000000824. The summed E-state index contributed by atoms with van der Waals surface area (Å²) in [5, 5.41) is 0. The molecule has 2 rings (SSSR count). The highest BCUT2D eigenvalue weighted by Gasteiger charge is 2.22. The summed E-state index contributed by atoms with van der Waals surface area (Å²) in [5.74, 6) is 0.102. The van der Waals surface area contributed by atoms with E-state index >= 15 is 0 Å². The number of hydrogen-bond donors (Lipinski definition) is 0. The summed E-state index contributed by atoms with van der Waals surface area (Å²) in [7, 11) is 5.78. The minimum Gasteiger partial charge on any atom is -0.294 e. The number of Topliss-reactive ketones (excluding diaryl/α,β-unsaturated/α-hetero) is 2. The van der Waals surface area contributed by atoms with E-state index in [1.54, 1.807) is 25.1 Å². The van der Waals surface area contributed by atoms with Crippen LogP contribution in [0.1, 0.15) is 116 Å². The van der Waals surface area contributed by atoms with Crippen molar-refractivity contribution in [2.24, 2.45) is 5.92 Å². The molecule has 2 aromatic rings. The van der Waals surface area contributed by atoms with Crippen molar-refractivity contribution >= 4 is 36.0 Å². The smallest absolute Gasteiger partial charge is 0.161 e. The van der Waals surface area contributed by atoms with Crippen LogP contribution >= 0.6 is 0 Å². The van der Waals surface area contributed by atoms with Gasteiger partial charge in [0.15, 0.2) is 11.6 Å². The summed E-state index contributed by atoms with van der Waals surface area (Å²) in [6, 6.07) is 9.37. The molecule has 0 fully saturated rings. The standard InChI is InChI=1S/C20H18BFO2.C8H18.C5H12/c1-11-9-15(21)5-7-17(11)19(13(3)23)20(14(4)24)18-8-6-16(22)10-12(18)2;1-4-6-7-8(3)5-2;1-3-5-4-2/h5-10H,1-4H3;8H,4-7H2,1-3H3;3-5H2,1-2H3/b20-19+;;. The lowest BCUT2D eigenvalue weighted by atomic mass is 9.84. The van der Waals surface area contributed by atoms with E-state index in [4.69, 9.17) is 7.85 Å². The zero-order valence-electron chi connectivity index (χ0n) is 24.8. The molecule has 4 heteroatoms. The first-order chi connectivity index (χ1) is 17.4. The molecule has 0 saturated carbocycles. The highest BCUT2D eigenvalue weighted by molar-refractivity contribution is 6.40. The first-order valence-electron chi connectivity index (χ1n) is 13.8. The van der Waals surface area contributed by atoms with Crippen LogP contribution in [0.2, 0.25) is 0 Å².